The zero-order chi connectivity index (χ0) is 60.1. The number of carbonyl (C=O) groups excluding carboxylic acids is 2. The summed E-state index contributed by atoms with van der Waals surface area (Å²) >= 11 is 0. The maximum atomic E-state index is 12.8. The van der Waals surface area contributed by atoms with Gasteiger partial charge in [0.25, 0.3) is 0 Å². The first kappa shape index (κ1) is 79.9. The Morgan fingerprint density at radius 3 is 0.988 bits per heavy atom. The third kappa shape index (κ3) is 67.9. The first-order chi connectivity index (χ1) is 40.8. The highest BCUT2D eigenvalue weighted by Crippen LogP contribution is 2.43. The summed E-state index contributed by atoms with van der Waals surface area (Å²) in [4.78, 5) is 35.3. The van der Waals surface area contributed by atoms with Crippen LogP contribution in [0, 0.1) is 0 Å². The summed E-state index contributed by atoms with van der Waals surface area (Å²) in [6.07, 6.45) is 92.2. The van der Waals surface area contributed by atoms with Gasteiger partial charge in [0.2, 0.25) is 0 Å². The predicted octanol–water partition coefficient (Wildman–Crippen LogP) is 22.7. The van der Waals surface area contributed by atoms with Crippen LogP contribution in [0.25, 0.3) is 0 Å². The number of esters is 2. The molecule has 0 fully saturated rings. The van der Waals surface area contributed by atoms with E-state index in [0.29, 0.717) is 6.42 Å². The van der Waals surface area contributed by atoms with Gasteiger partial charge >= 0.3 is 19.8 Å². The lowest BCUT2D eigenvalue weighted by molar-refractivity contribution is -0.161. The molecular weight excluding hydrogens is 1050 g/mol. The maximum absolute atomic E-state index is 12.8. The van der Waals surface area contributed by atoms with Crippen molar-refractivity contribution in [2.75, 3.05) is 26.4 Å². The van der Waals surface area contributed by atoms with Crippen LogP contribution in [-0.4, -0.2) is 49.3 Å². The number of phosphoric ester groups is 1. The summed E-state index contributed by atoms with van der Waals surface area (Å²) in [7, 11) is -4.40. The fourth-order valence-electron chi connectivity index (χ4n) is 9.85. The van der Waals surface area contributed by atoms with Crippen LogP contribution >= 0.6 is 7.82 Å². The molecule has 0 bridgehead atoms. The molecule has 2 unspecified atom stereocenters. The second kappa shape index (κ2) is 68.0. The van der Waals surface area contributed by atoms with Crippen LogP contribution in [0.1, 0.15) is 322 Å². The molecule has 9 nitrogen and oxygen atoms in total. The lowest BCUT2D eigenvalue weighted by atomic mass is 10.0. The van der Waals surface area contributed by atoms with Gasteiger partial charge in [0.1, 0.15) is 6.61 Å². The van der Waals surface area contributed by atoms with Crippen LogP contribution in [-0.2, 0) is 32.7 Å². The summed E-state index contributed by atoms with van der Waals surface area (Å²) in [6, 6.07) is 0. The number of nitrogens with two attached hydrogens (primary N) is 1. The molecule has 0 aliphatic rings. The fraction of sp³-hybridized carbons (Fsp3) is 0.753. The topological polar surface area (TPSA) is 134 Å². The van der Waals surface area contributed by atoms with E-state index in [1.807, 2.05) is 0 Å². The van der Waals surface area contributed by atoms with Crippen LogP contribution < -0.4 is 5.73 Å². The number of unbranched alkanes of at least 4 members (excludes halogenated alkanes) is 36. The lowest BCUT2D eigenvalue weighted by Gasteiger charge is -2.19. The molecule has 0 radical (unpaired) electrons. The van der Waals surface area contributed by atoms with Crippen molar-refractivity contribution in [2.24, 2.45) is 5.73 Å². The highest BCUT2D eigenvalue weighted by atomic mass is 31.2. The summed E-state index contributed by atoms with van der Waals surface area (Å²) in [5.74, 6) is -0.829. The molecule has 0 saturated heterocycles. The minimum Gasteiger partial charge on any atom is -0.462 e. The Hall–Kier alpha value is -3.07. The minimum absolute atomic E-state index is 0.0490. The Morgan fingerprint density at radius 2 is 0.663 bits per heavy atom. The molecule has 3 N–H and O–H groups in total. The Balaban J connectivity index is 3.87. The van der Waals surface area contributed by atoms with Crippen LogP contribution in [0.4, 0.5) is 0 Å². The van der Waals surface area contributed by atoms with Gasteiger partial charge < -0.3 is 20.1 Å². The van der Waals surface area contributed by atoms with Crippen LogP contribution in [0.15, 0.2) is 97.2 Å². The van der Waals surface area contributed by atoms with E-state index in [1.165, 1.54) is 199 Å². The highest BCUT2D eigenvalue weighted by Gasteiger charge is 2.26. The normalized spacial score (nSPS) is 13.5. The summed E-state index contributed by atoms with van der Waals surface area (Å²) in [6.45, 7) is 3.64. The maximum Gasteiger partial charge on any atom is 0.472 e. The average Bonchev–Trinajstić information content (AvgIpc) is 3.48. The minimum atomic E-state index is -4.40. The molecule has 10 heteroatoms. The van der Waals surface area contributed by atoms with Crippen molar-refractivity contribution in [3.63, 3.8) is 0 Å². The fourth-order valence-corrected chi connectivity index (χ4v) is 10.6. The highest BCUT2D eigenvalue weighted by molar-refractivity contribution is 7.47. The van der Waals surface area contributed by atoms with E-state index < -0.39 is 26.5 Å². The molecule has 480 valence electrons. The van der Waals surface area contributed by atoms with E-state index in [1.54, 1.807) is 0 Å². The van der Waals surface area contributed by atoms with Crippen molar-refractivity contribution < 1.29 is 37.6 Å². The van der Waals surface area contributed by atoms with Crippen molar-refractivity contribution in [3.8, 4) is 0 Å². The third-order valence-electron chi connectivity index (χ3n) is 15.0. The first-order valence-electron chi connectivity index (χ1n) is 34.7. The number of carbonyl (C=O) groups is 2. The van der Waals surface area contributed by atoms with Crippen molar-refractivity contribution in [2.45, 2.75) is 328 Å². The van der Waals surface area contributed by atoms with Gasteiger partial charge in [-0.15, -0.1) is 0 Å². The molecule has 0 rings (SSSR count). The number of hydrogen-bond donors (Lipinski definition) is 2. The quantitative estimate of drug-likeness (QED) is 0.0264. The SMILES string of the molecule is CC/C=C\C/C=C\C/C=C\C/C=C\C/C=C\C/C=C\CCCCCCCCCCC(=O)OC(COC(=O)CCCCCCCCCCCCCCCCCCCCCCCCC/C=C\C/C=C\CCCCCCC)COP(=O)(O)OCCN. The predicted molar refractivity (Wildman–Crippen MR) is 358 cm³/mol. The standard InChI is InChI=1S/C73H130NO8P/c1-3-5-7-9-11-13-15-17-19-21-23-25-27-29-31-32-33-34-35-36-37-38-40-41-43-45-47-49-51-53-55-57-59-61-63-65-72(75)79-69-71(70-81-83(77,78)80-68-67-74)82-73(76)66-64-62-60-58-56-54-52-50-48-46-44-42-39-30-28-26-24-22-20-18-16-14-12-10-8-6-4-2/h6,8,12,14-15,17-18,20-21,23-24,26,30,39,44,46,71H,3-5,7,9-11,13,16,19,22,25,27-29,31-38,40-43,45,47-70,74H2,1-2H3,(H,77,78)/b8-6-,14-12-,17-15-,20-18-,23-21-,26-24-,39-30-,46-44-. The van der Waals surface area contributed by atoms with Gasteiger partial charge in [0.15, 0.2) is 6.10 Å². The monoisotopic (exact) mass is 1180 g/mol. The summed E-state index contributed by atoms with van der Waals surface area (Å²) in [5, 5.41) is 0. The van der Waals surface area contributed by atoms with Gasteiger partial charge in [0.05, 0.1) is 13.2 Å². The number of allylic oxidation sites excluding steroid dienone is 16. The zero-order valence-electron chi connectivity index (χ0n) is 53.9. The van der Waals surface area contributed by atoms with E-state index >= 15 is 0 Å². The Labute approximate surface area is 512 Å². The molecule has 2 atom stereocenters. The summed E-state index contributed by atoms with van der Waals surface area (Å²) in [5.41, 5.74) is 5.40. The summed E-state index contributed by atoms with van der Waals surface area (Å²) < 4.78 is 33.2. The molecule has 0 aromatic rings. The van der Waals surface area contributed by atoms with E-state index in [9.17, 15) is 19.0 Å². The number of phosphoric acid groups is 1. The number of ether oxygens (including phenoxy) is 2. The average molecular weight is 1180 g/mol. The van der Waals surface area contributed by atoms with Crippen molar-refractivity contribution >= 4 is 19.8 Å². The second-order valence-electron chi connectivity index (χ2n) is 23.0. The number of hydrogen-bond acceptors (Lipinski definition) is 8. The van der Waals surface area contributed by atoms with Crippen molar-refractivity contribution in [1.82, 2.24) is 0 Å². The van der Waals surface area contributed by atoms with Crippen LogP contribution in [0.5, 0.6) is 0 Å². The molecule has 0 saturated carbocycles. The lowest BCUT2D eigenvalue weighted by Crippen LogP contribution is -2.29. The van der Waals surface area contributed by atoms with Gasteiger partial charge in [-0.3, -0.25) is 18.6 Å². The van der Waals surface area contributed by atoms with Crippen LogP contribution in [0.2, 0.25) is 0 Å². The van der Waals surface area contributed by atoms with Gasteiger partial charge in [0, 0.05) is 19.4 Å². The number of rotatable bonds is 65. The molecule has 0 aliphatic heterocycles. The van der Waals surface area contributed by atoms with Gasteiger partial charge in [-0.25, -0.2) is 4.57 Å². The van der Waals surface area contributed by atoms with E-state index in [2.05, 4.69) is 111 Å². The Morgan fingerprint density at radius 1 is 0.373 bits per heavy atom. The molecule has 0 spiro atoms. The molecule has 0 aliphatic carbocycles. The molecule has 0 amide bonds. The third-order valence-corrected chi connectivity index (χ3v) is 15.9. The molecular formula is C73H130NO8P. The van der Waals surface area contributed by atoms with Crippen LogP contribution in [0.3, 0.4) is 0 Å². The second-order valence-corrected chi connectivity index (χ2v) is 24.5. The molecule has 0 heterocycles. The molecule has 0 aromatic heterocycles. The Kier molecular flexibility index (Phi) is 65.5. The van der Waals surface area contributed by atoms with E-state index in [-0.39, 0.29) is 38.6 Å². The molecule has 83 heavy (non-hydrogen) atoms. The van der Waals surface area contributed by atoms with E-state index in [0.717, 1.165) is 89.9 Å². The van der Waals surface area contributed by atoms with Crippen molar-refractivity contribution in [3.05, 3.63) is 97.2 Å². The molecule has 0 aromatic carbocycles. The van der Waals surface area contributed by atoms with E-state index in [4.69, 9.17) is 24.3 Å². The Bertz CT molecular complexity index is 1680. The first-order valence-corrected chi connectivity index (χ1v) is 36.2. The van der Waals surface area contributed by atoms with Gasteiger partial charge in [-0.2, -0.15) is 0 Å². The smallest absolute Gasteiger partial charge is 0.462 e. The van der Waals surface area contributed by atoms with Crippen molar-refractivity contribution in [1.29, 1.82) is 0 Å². The van der Waals surface area contributed by atoms with Gasteiger partial charge in [-0.05, 0) is 96.3 Å². The largest absolute Gasteiger partial charge is 0.472 e. The van der Waals surface area contributed by atoms with Gasteiger partial charge in [-0.1, -0.05) is 310 Å². The zero-order valence-corrected chi connectivity index (χ0v) is 54.8.